The molecule has 0 atom stereocenters. The second kappa shape index (κ2) is 5.81. The number of rotatable bonds is 3. The molecule has 0 fully saturated rings. The Labute approximate surface area is 127 Å². The number of amides is 1. The van der Waals surface area contributed by atoms with Crippen molar-refractivity contribution in [1.82, 2.24) is 9.55 Å². The monoisotopic (exact) mass is 297 g/mol. The second-order valence-corrected chi connectivity index (χ2v) is 4.79. The summed E-state index contributed by atoms with van der Waals surface area (Å²) in [6.07, 6.45) is 5.43. The fourth-order valence-corrected chi connectivity index (χ4v) is 2.21. The van der Waals surface area contributed by atoms with Crippen LogP contribution in [0, 0.1) is 0 Å². The van der Waals surface area contributed by atoms with Gasteiger partial charge >= 0.3 is 0 Å². The molecule has 0 aliphatic carbocycles. The summed E-state index contributed by atoms with van der Waals surface area (Å²) in [6.45, 7) is 0. The molecule has 5 heteroatoms. The molecular weight excluding hydrogens is 286 g/mol. The van der Waals surface area contributed by atoms with Crippen molar-refractivity contribution >= 4 is 23.2 Å². The van der Waals surface area contributed by atoms with Gasteiger partial charge in [-0.05, 0) is 42.5 Å². The van der Waals surface area contributed by atoms with Crippen molar-refractivity contribution in [3.63, 3.8) is 0 Å². The third-order valence-electron chi connectivity index (χ3n) is 3.01. The first-order valence-corrected chi connectivity index (χ1v) is 6.77. The van der Waals surface area contributed by atoms with Crippen LogP contribution in [0.3, 0.4) is 0 Å². The van der Waals surface area contributed by atoms with Gasteiger partial charge in [-0.2, -0.15) is 0 Å². The molecule has 0 aliphatic rings. The van der Waals surface area contributed by atoms with Gasteiger partial charge in [0.25, 0.3) is 5.91 Å². The molecule has 0 saturated heterocycles. The molecule has 3 rings (SSSR count). The lowest BCUT2D eigenvalue weighted by atomic mass is 10.2. The van der Waals surface area contributed by atoms with E-state index in [0.29, 0.717) is 11.3 Å². The first-order valence-electron chi connectivity index (χ1n) is 6.39. The molecule has 104 valence electrons. The number of benzene rings is 1. The molecule has 0 saturated carbocycles. The van der Waals surface area contributed by atoms with Gasteiger partial charge in [-0.25, -0.2) is 4.98 Å². The van der Waals surface area contributed by atoms with Crippen LogP contribution in [0.2, 0.25) is 5.15 Å². The molecule has 21 heavy (non-hydrogen) atoms. The number of carbonyl (C=O) groups is 1. The van der Waals surface area contributed by atoms with E-state index >= 15 is 0 Å². The zero-order valence-electron chi connectivity index (χ0n) is 11.0. The number of pyridine rings is 1. The largest absolute Gasteiger partial charge is 0.324 e. The fourth-order valence-electron chi connectivity index (χ4n) is 2.00. The lowest BCUT2D eigenvalue weighted by molar-refractivity contribution is 0.102. The van der Waals surface area contributed by atoms with E-state index in [0.717, 1.165) is 5.69 Å². The minimum atomic E-state index is -0.280. The molecule has 0 spiro atoms. The summed E-state index contributed by atoms with van der Waals surface area (Å²) < 4.78 is 1.96. The summed E-state index contributed by atoms with van der Waals surface area (Å²) >= 11 is 5.92. The number of nitrogens with one attached hydrogen (secondary N) is 1. The lowest BCUT2D eigenvalue weighted by Crippen LogP contribution is -2.13. The van der Waals surface area contributed by atoms with Crippen molar-refractivity contribution in [2.24, 2.45) is 0 Å². The molecule has 1 aromatic carbocycles. The third-order valence-corrected chi connectivity index (χ3v) is 3.31. The fraction of sp³-hybridized carbons (Fsp3) is 0. The van der Waals surface area contributed by atoms with E-state index in [1.54, 1.807) is 18.3 Å². The predicted molar refractivity (Wildman–Crippen MR) is 83.0 cm³/mol. The van der Waals surface area contributed by atoms with Crippen LogP contribution in [0.4, 0.5) is 5.69 Å². The highest BCUT2D eigenvalue weighted by molar-refractivity contribution is 6.33. The molecule has 0 radical (unpaired) electrons. The Morgan fingerprint density at radius 1 is 1.10 bits per heavy atom. The highest BCUT2D eigenvalue weighted by Gasteiger charge is 2.11. The Balaban J connectivity index is 1.84. The Kier molecular flexibility index (Phi) is 3.71. The predicted octanol–water partition coefficient (Wildman–Crippen LogP) is 3.78. The number of carbonyl (C=O) groups excluding carboxylic acids is 1. The third kappa shape index (κ3) is 2.95. The van der Waals surface area contributed by atoms with Crippen LogP contribution < -0.4 is 5.32 Å². The maximum absolute atomic E-state index is 12.2. The van der Waals surface area contributed by atoms with Gasteiger partial charge in [0.2, 0.25) is 0 Å². The molecule has 1 N–H and O–H groups in total. The molecule has 3 aromatic rings. The highest BCUT2D eigenvalue weighted by Crippen LogP contribution is 2.18. The summed E-state index contributed by atoms with van der Waals surface area (Å²) in [5.74, 6) is -0.280. The molecule has 0 bridgehead atoms. The molecule has 2 aromatic heterocycles. The van der Waals surface area contributed by atoms with Crippen LogP contribution in [0.1, 0.15) is 10.4 Å². The van der Waals surface area contributed by atoms with E-state index in [1.165, 1.54) is 0 Å². The first-order chi connectivity index (χ1) is 10.2. The topological polar surface area (TPSA) is 46.9 Å². The number of hydrogen-bond donors (Lipinski definition) is 1. The molecule has 0 aliphatic heterocycles. The van der Waals surface area contributed by atoms with Crippen molar-refractivity contribution in [3.05, 3.63) is 77.8 Å². The van der Waals surface area contributed by atoms with Gasteiger partial charge < -0.3 is 9.88 Å². The molecule has 0 unspecified atom stereocenters. The average molecular weight is 298 g/mol. The molecule has 1 amide bonds. The van der Waals surface area contributed by atoms with Gasteiger partial charge in [0, 0.05) is 30.0 Å². The maximum Gasteiger partial charge on any atom is 0.258 e. The van der Waals surface area contributed by atoms with E-state index < -0.39 is 0 Å². The van der Waals surface area contributed by atoms with Crippen LogP contribution in [-0.2, 0) is 0 Å². The van der Waals surface area contributed by atoms with Gasteiger partial charge in [0.05, 0.1) is 5.56 Å². The maximum atomic E-state index is 12.2. The van der Waals surface area contributed by atoms with Crippen LogP contribution in [0.5, 0.6) is 0 Å². The SMILES string of the molecule is O=C(Nc1cccc(-n2cccc2)c1)c1cccnc1Cl. The van der Waals surface area contributed by atoms with Crippen molar-refractivity contribution in [3.8, 4) is 5.69 Å². The summed E-state index contributed by atoms with van der Waals surface area (Å²) in [5.41, 5.74) is 2.02. The first kappa shape index (κ1) is 13.4. The van der Waals surface area contributed by atoms with Crippen molar-refractivity contribution in [1.29, 1.82) is 0 Å². The van der Waals surface area contributed by atoms with Gasteiger partial charge in [0.1, 0.15) is 5.15 Å². The number of hydrogen-bond acceptors (Lipinski definition) is 2. The van der Waals surface area contributed by atoms with Gasteiger partial charge in [0.15, 0.2) is 0 Å². The average Bonchev–Trinajstić information content (AvgIpc) is 3.02. The van der Waals surface area contributed by atoms with E-state index in [1.807, 2.05) is 53.4 Å². The van der Waals surface area contributed by atoms with Crippen LogP contribution in [0.25, 0.3) is 5.69 Å². The summed E-state index contributed by atoms with van der Waals surface area (Å²) in [6, 6.07) is 14.8. The van der Waals surface area contributed by atoms with E-state index in [2.05, 4.69) is 10.3 Å². The number of halogens is 1. The minimum Gasteiger partial charge on any atom is -0.324 e. The normalized spacial score (nSPS) is 10.3. The van der Waals surface area contributed by atoms with Crippen molar-refractivity contribution in [2.45, 2.75) is 0 Å². The van der Waals surface area contributed by atoms with Crippen LogP contribution in [-0.4, -0.2) is 15.5 Å². The zero-order chi connectivity index (χ0) is 14.7. The van der Waals surface area contributed by atoms with Gasteiger partial charge in [-0.3, -0.25) is 4.79 Å². The summed E-state index contributed by atoms with van der Waals surface area (Å²) in [5, 5.41) is 3.02. The summed E-state index contributed by atoms with van der Waals surface area (Å²) in [4.78, 5) is 16.1. The number of nitrogens with zero attached hydrogens (tertiary/aromatic N) is 2. The quantitative estimate of drug-likeness (QED) is 0.748. The molecule has 2 heterocycles. The number of anilines is 1. The highest BCUT2D eigenvalue weighted by atomic mass is 35.5. The second-order valence-electron chi connectivity index (χ2n) is 4.44. The standard InChI is InChI=1S/C16H12ClN3O/c17-15-14(7-4-8-18-15)16(21)19-12-5-3-6-13(11-12)20-9-1-2-10-20/h1-11H,(H,19,21). The zero-order valence-corrected chi connectivity index (χ0v) is 11.8. The van der Waals surface area contributed by atoms with E-state index in [9.17, 15) is 4.79 Å². The van der Waals surface area contributed by atoms with Gasteiger partial charge in [-0.15, -0.1) is 0 Å². The lowest BCUT2D eigenvalue weighted by Gasteiger charge is -2.09. The smallest absolute Gasteiger partial charge is 0.258 e. The Morgan fingerprint density at radius 2 is 1.90 bits per heavy atom. The Hall–Kier alpha value is -2.59. The Morgan fingerprint density at radius 3 is 2.67 bits per heavy atom. The molecule has 4 nitrogen and oxygen atoms in total. The minimum absolute atomic E-state index is 0.191. The van der Waals surface area contributed by atoms with Gasteiger partial charge in [-0.1, -0.05) is 17.7 Å². The van der Waals surface area contributed by atoms with Crippen LogP contribution >= 0.6 is 11.6 Å². The van der Waals surface area contributed by atoms with E-state index in [-0.39, 0.29) is 11.1 Å². The van der Waals surface area contributed by atoms with E-state index in [4.69, 9.17) is 11.6 Å². The molecular formula is C16H12ClN3O. The van der Waals surface area contributed by atoms with Crippen molar-refractivity contribution < 1.29 is 4.79 Å². The number of aromatic nitrogens is 2. The Bertz CT molecular complexity index is 769. The summed E-state index contributed by atoms with van der Waals surface area (Å²) in [7, 11) is 0. The van der Waals surface area contributed by atoms with Crippen molar-refractivity contribution in [2.75, 3.05) is 5.32 Å². The van der Waals surface area contributed by atoms with Crippen LogP contribution in [0.15, 0.2) is 67.1 Å².